The molecule has 1 aliphatic rings. The molecule has 0 fully saturated rings. The van der Waals surface area contributed by atoms with Gasteiger partial charge in [-0.1, -0.05) is 12.1 Å². The maximum atomic E-state index is 3.62. The van der Waals surface area contributed by atoms with Crippen LogP contribution in [0.1, 0.15) is 24.0 Å². The van der Waals surface area contributed by atoms with Gasteiger partial charge in [0.05, 0.1) is 4.60 Å². The number of rotatable bonds is 0. The van der Waals surface area contributed by atoms with Gasteiger partial charge in [-0.3, -0.25) is 0 Å². The van der Waals surface area contributed by atoms with Crippen molar-refractivity contribution in [3.05, 3.63) is 33.9 Å². The zero-order chi connectivity index (χ0) is 9.54. The Morgan fingerprint density at radius 2 is 2.00 bits per heavy atom. The molecule has 1 heterocycles. The van der Waals surface area contributed by atoms with E-state index in [0.717, 1.165) is 0 Å². The van der Waals surface area contributed by atoms with Crippen molar-refractivity contribution in [1.82, 2.24) is 4.98 Å². The van der Waals surface area contributed by atoms with Gasteiger partial charge < -0.3 is 4.98 Å². The van der Waals surface area contributed by atoms with Crippen LogP contribution in [0, 0.1) is 0 Å². The van der Waals surface area contributed by atoms with Crippen molar-refractivity contribution >= 4 is 26.8 Å². The van der Waals surface area contributed by atoms with Crippen LogP contribution in [-0.2, 0) is 12.8 Å². The molecular weight excluding hydrogens is 238 g/mol. The first-order chi connectivity index (χ1) is 6.86. The predicted molar refractivity (Wildman–Crippen MR) is 62.6 cm³/mol. The third kappa shape index (κ3) is 1.13. The summed E-state index contributed by atoms with van der Waals surface area (Å²) in [5.74, 6) is 0. The van der Waals surface area contributed by atoms with E-state index in [1.165, 1.54) is 52.3 Å². The molecule has 0 amide bonds. The number of halogens is 1. The Hall–Kier alpha value is -0.760. The van der Waals surface area contributed by atoms with Crippen LogP contribution in [0.4, 0.5) is 0 Å². The second-order valence-electron chi connectivity index (χ2n) is 3.96. The average molecular weight is 250 g/mol. The summed E-state index contributed by atoms with van der Waals surface area (Å²) in [4.78, 5) is 3.40. The van der Waals surface area contributed by atoms with Crippen LogP contribution in [0.5, 0.6) is 0 Å². The number of H-pyrrole nitrogens is 1. The van der Waals surface area contributed by atoms with Crippen molar-refractivity contribution in [1.29, 1.82) is 0 Å². The highest BCUT2D eigenvalue weighted by atomic mass is 79.9. The quantitative estimate of drug-likeness (QED) is 0.731. The first-order valence-corrected chi connectivity index (χ1v) is 5.93. The summed E-state index contributed by atoms with van der Waals surface area (Å²) in [5, 5.41) is 1.47. The zero-order valence-corrected chi connectivity index (χ0v) is 9.52. The molecule has 0 aliphatic heterocycles. The fourth-order valence-corrected chi connectivity index (χ4v) is 3.03. The van der Waals surface area contributed by atoms with E-state index < -0.39 is 0 Å². The Balaban J connectivity index is 2.42. The highest BCUT2D eigenvalue weighted by molar-refractivity contribution is 9.10. The lowest BCUT2D eigenvalue weighted by Gasteiger charge is -1.99. The summed E-state index contributed by atoms with van der Waals surface area (Å²) in [7, 11) is 0. The summed E-state index contributed by atoms with van der Waals surface area (Å²) in [5.41, 5.74) is 4.27. The Kier molecular flexibility index (Phi) is 1.91. The van der Waals surface area contributed by atoms with E-state index in [1.807, 2.05) is 0 Å². The Morgan fingerprint density at radius 1 is 1.14 bits per heavy atom. The van der Waals surface area contributed by atoms with Crippen LogP contribution in [0.3, 0.4) is 0 Å². The largest absolute Gasteiger partial charge is 0.349 e. The van der Waals surface area contributed by atoms with Crippen LogP contribution >= 0.6 is 15.9 Å². The fraction of sp³-hybridized carbons (Fsp3) is 0.333. The number of hydrogen-bond donors (Lipinski definition) is 1. The van der Waals surface area contributed by atoms with Crippen LogP contribution in [0.2, 0.25) is 0 Å². The Bertz CT molecular complexity index is 484. The van der Waals surface area contributed by atoms with Gasteiger partial charge in [0, 0.05) is 10.9 Å². The minimum atomic E-state index is 1.18. The molecule has 0 atom stereocenters. The van der Waals surface area contributed by atoms with E-state index in [4.69, 9.17) is 0 Å². The molecule has 1 aromatic carbocycles. The fourth-order valence-electron chi connectivity index (χ4n) is 2.42. The lowest BCUT2D eigenvalue weighted by atomic mass is 10.1. The van der Waals surface area contributed by atoms with Gasteiger partial charge in [-0.2, -0.15) is 0 Å². The summed E-state index contributed by atoms with van der Waals surface area (Å²) in [6, 6.07) is 6.57. The highest BCUT2D eigenvalue weighted by Crippen LogP contribution is 2.33. The standard InChI is InChI=1S/C12H12BrN/c13-12-9-6-2-1-4-8-5-3-7-10(14-12)11(8)9/h3,5,7,14H,1-2,4,6H2. The molecule has 0 spiro atoms. The number of aromatic nitrogens is 1. The number of benzene rings is 1. The minimum absolute atomic E-state index is 1.18. The molecule has 2 aromatic rings. The van der Waals surface area contributed by atoms with Gasteiger partial charge in [0.1, 0.15) is 0 Å². The van der Waals surface area contributed by atoms with E-state index in [0.29, 0.717) is 0 Å². The second kappa shape index (κ2) is 3.13. The summed E-state index contributed by atoms with van der Waals surface area (Å²) < 4.78 is 1.18. The van der Waals surface area contributed by atoms with Gasteiger partial charge in [0.15, 0.2) is 0 Å². The summed E-state index contributed by atoms with van der Waals surface area (Å²) >= 11 is 3.62. The average Bonchev–Trinajstić information content (AvgIpc) is 2.39. The van der Waals surface area contributed by atoms with E-state index in [-0.39, 0.29) is 0 Å². The third-order valence-corrected chi connectivity index (χ3v) is 3.76. The molecule has 1 aliphatic carbocycles. The van der Waals surface area contributed by atoms with Crippen molar-refractivity contribution in [2.75, 3.05) is 0 Å². The Morgan fingerprint density at radius 3 is 2.93 bits per heavy atom. The van der Waals surface area contributed by atoms with Crippen molar-refractivity contribution < 1.29 is 0 Å². The molecule has 0 bridgehead atoms. The first-order valence-electron chi connectivity index (χ1n) is 5.14. The van der Waals surface area contributed by atoms with Crippen LogP contribution < -0.4 is 0 Å². The normalized spacial score (nSPS) is 15.8. The van der Waals surface area contributed by atoms with E-state index >= 15 is 0 Å². The molecule has 0 unspecified atom stereocenters. The van der Waals surface area contributed by atoms with Crippen molar-refractivity contribution in [3.8, 4) is 0 Å². The van der Waals surface area contributed by atoms with Crippen LogP contribution in [0.15, 0.2) is 22.8 Å². The first kappa shape index (κ1) is 8.54. The van der Waals surface area contributed by atoms with E-state index in [9.17, 15) is 0 Å². The summed E-state index contributed by atoms with van der Waals surface area (Å²) in [6.07, 6.45) is 5.06. The molecule has 72 valence electrons. The molecule has 0 saturated carbocycles. The molecule has 14 heavy (non-hydrogen) atoms. The van der Waals surface area contributed by atoms with Crippen LogP contribution in [-0.4, -0.2) is 4.98 Å². The summed E-state index contributed by atoms with van der Waals surface area (Å²) in [6.45, 7) is 0. The number of hydrogen-bond acceptors (Lipinski definition) is 0. The SMILES string of the molecule is Brc1[nH]c2cccc3c2c1CCCC3. The maximum Gasteiger partial charge on any atom is 0.0863 e. The molecule has 1 nitrogen and oxygen atoms in total. The second-order valence-corrected chi connectivity index (χ2v) is 4.76. The maximum absolute atomic E-state index is 3.62. The molecule has 1 N–H and O–H groups in total. The van der Waals surface area contributed by atoms with E-state index in [2.05, 4.69) is 39.1 Å². The van der Waals surface area contributed by atoms with Gasteiger partial charge >= 0.3 is 0 Å². The third-order valence-electron chi connectivity index (χ3n) is 3.08. The van der Waals surface area contributed by atoms with Crippen LogP contribution in [0.25, 0.3) is 10.9 Å². The van der Waals surface area contributed by atoms with Crippen molar-refractivity contribution in [3.63, 3.8) is 0 Å². The number of aryl methyl sites for hydroxylation is 2. The molecule has 0 saturated heterocycles. The van der Waals surface area contributed by atoms with Gasteiger partial charge in [-0.25, -0.2) is 0 Å². The van der Waals surface area contributed by atoms with Gasteiger partial charge in [-0.05, 0) is 58.8 Å². The van der Waals surface area contributed by atoms with Gasteiger partial charge in [0.2, 0.25) is 0 Å². The molecule has 1 aromatic heterocycles. The minimum Gasteiger partial charge on any atom is -0.349 e. The molecule has 0 radical (unpaired) electrons. The number of nitrogens with one attached hydrogen (secondary N) is 1. The zero-order valence-electron chi connectivity index (χ0n) is 7.94. The topological polar surface area (TPSA) is 15.8 Å². The van der Waals surface area contributed by atoms with Gasteiger partial charge in [0.25, 0.3) is 0 Å². The highest BCUT2D eigenvalue weighted by Gasteiger charge is 2.15. The molecule has 2 heteroatoms. The van der Waals surface area contributed by atoms with E-state index in [1.54, 1.807) is 0 Å². The monoisotopic (exact) mass is 249 g/mol. The van der Waals surface area contributed by atoms with Gasteiger partial charge in [-0.15, -0.1) is 0 Å². The van der Waals surface area contributed by atoms with Crippen molar-refractivity contribution in [2.45, 2.75) is 25.7 Å². The smallest absolute Gasteiger partial charge is 0.0863 e. The lowest BCUT2D eigenvalue weighted by Crippen LogP contribution is -1.82. The number of aromatic amines is 1. The predicted octanol–water partition coefficient (Wildman–Crippen LogP) is 3.81. The lowest BCUT2D eigenvalue weighted by molar-refractivity contribution is 0.750. The Labute approximate surface area is 91.6 Å². The molecular formula is C12H12BrN. The molecule has 3 rings (SSSR count). The van der Waals surface area contributed by atoms with Crippen molar-refractivity contribution in [2.24, 2.45) is 0 Å².